The highest BCUT2D eigenvalue weighted by Crippen LogP contribution is 2.31. The van der Waals surface area contributed by atoms with E-state index in [1.54, 1.807) is 4.90 Å². The fourth-order valence-electron chi connectivity index (χ4n) is 3.04. The number of hydrogen-bond acceptors (Lipinski definition) is 6. The number of piperidine rings is 1. The van der Waals surface area contributed by atoms with Gasteiger partial charge >= 0.3 is 6.18 Å². The van der Waals surface area contributed by atoms with Crippen molar-refractivity contribution in [1.82, 2.24) is 14.8 Å². The van der Waals surface area contributed by atoms with E-state index in [0.29, 0.717) is 19.4 Å². The summed E-state index contributed by atoms with van der Waals surface area (Å²) in [7, 11) is 0. The van der Waals surface area contributed by atoms with Gasteiger partial charge in [0.1, 0.15) is 12.0 Å². The molecular formula is C15H15F3N6O3. The number of nitro groups is 1. The maximum Gasteiger partial charge on any atom is 0.435 e. The molecule has 1 aliphatic heterocycles. The third-order valence-electron chi connectivity index (χ3n) is 4.30. The number of primary amides is 1. The van der Waals surface area contributed by atoms with Crippen molar-refractivity contribution in [3.8, 4) is 0 Å². The molecule has 0 aliphatic carbocycles. The first kappa shape index (κ1) is 18.6. The van der Waals surface area contributed by atoms with Crippen LogP contribution in [0, 0.1) is 10.1 Å². The Hall–Kier alpha value is -3.18. The molecule has 0 radical (unpaired) electrons. The van der Waals surface area contributed by atoms with E-state index in [-0.39, 0.29) is 29.7 Å². The second kappa shape index (κ2) is 6.85. The van der Waals surface area contributed by atoms with E-state index < -0.39 is 22.7 Å². The summed E-state index contributed by atoms with van der Waals surface area (Å²) >= 11 is 0. The van der Waals surface area contributed by atoms with Crippen molar-refractivity contribution in [2.24, 2.45) is 5.73 Å². The van der Waals surface area contributed by atoms with Crippen molar-refractivity contribution in [3.05, 3.63) is 45.9 Å². The van der Waals surface area contributed by atoms with Crippen LogP contribution in [0.4, 0.5) is 24.7 Å². The molecule has 9 nitrogen and oxygen atoms in total. The molecule has 2 N–H and O–H groups in total. The molecule has 2 aromatic heterocycles. The van der Waals surface area contributed by atoms with E-state index >= 15 is 0 Å². The van der Waals surface area contributed by atoms with E-state index in [4.69, 9.17) is 5.73 Å². The van der Waals surface area contributed by atoms with E-state index in [9.17, 15) is 28.1 Å². The van der Waals surface area contributed by atoms with Crippen molar-refractivity contribution in [2.45, 2.75) is 25.1 Å². The zero-order valence-electron chi connectivity index (χ0n) is 13.9. The zero-order valence-corrected chi connectivity index (χ0v) is 13.9. The van der Waals surface area contributed by atoms with Crippen molar-refractivity contribution >= 4 is 17.4 Å². The number of carbonyl (C=O) groups excluding carboxylic acids is 1. The van der Waals surface area contributed by atoms with E-state index in [0.717, 1.165) is 18.3 Å². The number of alkyl halides is 3. The molecule has 1 amide bonds. The Bertz CT molecular complexity index is 882. The van der Waals surface area contributed by atoms with Gasteiger partial charge in [-0.15, -0.1) is 0 Å². The van der Waals surface area contributed by atoms with Crippen LogP contribution in [-0.2, 0) is 6.18 Å². The molecule has 0 aromatic carbocycles. The molecule has 1 atom stereocenters. The summed E-state index contributed by atoms with van der Waals surface area (Å²) in [6.07, 6.45) is -1.05. The van der Waals surface area contributed by atoms with Gasteiger partial charge in [-0.3, -0.25) is 19.6 Å². The smallest absolute Gasteiger partial charge is 0.365 e. The molecule has 1 unspecified atom stereocenters. The largest absolute Gasteiger partial charge is 0.435 e. The van der Waals surface area contributed by atoms with Crippen LogP contribution >= 0.6 is 0 Å². The standard InChI is InChI=1S/C15H15F3N6O3/c16-15(17,18)12-3-5-23(21-12)9-2-1-4-22(8-9)14-11(13(19)25)6-10(7-20-14)24(26)27/h3,5-7,9H,1-2,4,8H2,(H2,19,25). The van der Waals surface area contributed by atoms with Gasteiger partial charge in [-0.25, -0.2) is 4.98 Å². The Labute approximate surface area is 150 Å². The van der Waals surface area contributed by atoms with E-state index in [1.165, 1.54) is 10.9 Å². The minimum atomic E-state index is -4.53. The number of nitrogens with zero attached hydrogens (tertiary/aromatic N) is 5. The lowest BCUT2D eigenvalue weighted by Gasteiger charge is -2.34. The van der Waals surface area contributed by atoms with Gasteiger partial charge in [-0.05, 0) is 18.9 Å². The molecule has 27 heavy (non-hydrogen) atoms. The Morgan fingerprint density at radius 1 is 1.41 bits per heavy atom. The highest BCUT2D eigenvalue weighted by atomic mass is 19.4. The molecule has 2 aromatic rings. The van der Waals surface area contributed by atoms with Crippen LogP contribution in [0.1, 0.15) is 34.9 Å². The lowest BCUT2D eigenvalue weighted by atomic mass is 10.0. The van der Waals surface area contributed by atoms with Crippen molar-refractivity contribution in [2.75, 3.05) is 18.0 Å². The Morgan fingerprint density at radius 3 is 2.74 bits per heavy atom. The third kappa shape index (κ3) is 3.83. The van der Waals surface area contributed by atoms with Crippen LogP contribution in [0.15, 0.2) is 24.5 Å². The molecule has 144 valence electrons. The zero-order chi connectivity index (χ0) is 19.8. The highest BCUT2D eigenvalue weighted by Gasteiger charge is 2.35. The van der Waals surface area contributed by atoms with Gasteiger partial charge in [0.05, 0.1) is 16.5 Å². The van der Waals surface area contributed by atoms with Gasteiger partial charge < -0.3 is 10.6 Å². The highest BCUT2D eigenvalue weighted by molar-refractivity contribution is 5.98. The summed E-state index contributed by atoms with van der Waals surface area (Å²) < 4.78 is 39.5. The number of halogens is 3. The summed E-state index contributed by atoms with van der Waals surface area (Å²) in [6, 6.07) is 1.58. The van der Waals surface area contributed by atoms with Crippen LogP contribution in [0.3, 0.4) is 0 Å². The number of carbonyl (C=O) groups is 1. The minimum Gasteiger partial charge on any atom is -0.365 e. The Balaban J connectivity index is 1.87. The van der Waals surface area contributed by atoms with Crippen LogP contribution in [0.2, 0.25) is 0 Å². The Kier molecular flexibility index (Phi) is 4.72. The topological polar surface area (TPSA) is 120 Å². The molecule has 1 saturated heterocycles. The maximum absolute atomic E-state index is 12.8. The molecular weight excluding hydrogens is 369 g/mol. The lowest BCUT2D eigenvalue weighted by Crippen LogP contribution is -2.38. The molecule has 1 fully saturated rings. The van der Waals surface area contributed by atoms with Crippen LogP contribution in [-0.4, -0.2) is 38.7 Å². The summed E-state index contributed by atoms with van der Waals surface area (Å²) in [5, 5.41) is 14.5. The van der Waals surface area contributed by atoms with Crippen LogP contribution < -0.4 is 10.6 Å². The van der Waals surface area contributed by atoms with Gasteiger partial charge in [0, 0.05) is 25.4 Å². The van der Waals surface area contributed by atoms with E-state index in [1.807, 2.05) is 0 Å². The molecule has 3 rings (SSSR count). The van der Waals surface area contributed by atoms with Gasteiger partial charge in [-0.1, -0.05) is 0 Å². The quantitative estimate of drug-likeness (QED) is 0.637. The number of anilines is 1. The monoisotopic (exact) mass is 384 g/mol. The SMILES string of the molecule is NC(=O)c1cc([N+](=O)[O-])cnc1N1CCCC(n2ccc(C(F)(F)F)n2)C1. The number of nitrogens with two attached hydrogens (primary N) is 1. The van der Waals surface area contributed by atoms with E-state index in [2.05, 4.69) is 10.1 Å². The average Bonchev–Trinajstić information content (AvgIpc) is 3.12. The summed E-state index contributed by atoms with van der Waals surface area (Å²) in [6.45, 7) is 0.721. The number of hydrogen-bond donors (Lipinski definition) is 1. The van der Waals surface area contributed by atoms with Crippen molar-refractivity contribution < 1.29 is 22.9 Å². The predicted octanol–water partition coefficient (Wildman–Crippen LogP) is 2.15. The van der Waals surface area contributed by atoms with Crippen LogP contribution in [0.25, 0.3) is 0 Å². The fourth-order valence-corrected chi connectivity index (χ4v) is 3.04. The maximum atomic E-state index is 12.8. The third-order valence-corrected chi connectivity index (χ3v) is 4.30. The number of amides is 1. The number of aromatic nitrogens is 3. The van der Waals surface area contributed by atoms with Crippen molar-refractivity contribution in [3.63, 3.8) is 0 Å². The molecule has 0 saturated carbocycles. The summed E-state index contributed by atoms with van der Waals surface area (Å²) in [5.74, 6) is -0.706. The molecule has 3 heterocycles. The number of pyridine rings is 1. The molecule has 12 heteroatoms. The number of rotatable bonds is 4. The molecule has 1 aliphatic rings. The fraction of sp³-hybridized carbons (Fsp3) is 0.400. The molecule has 0 spiro atoms. The van der Waals surface area contributed by atoms with Gasteiger partial charge in [0.15, 0.2) is 5.69 Å². The second-order valence-electron chi connectivity index (χ2n) is 6.11. The van der Waals surface area contributed by atoms with Gasteiger partial charge in [0.2, 0.25) is 0 Å². The normalized spacial score (nSPS) is 17.7. The second-order valence-corrected chi connectivity index (χ2v) is 6.11. The first-order valence-electron chi connectivity index (χ1n) is 7.98. The Morgan fingerprint density at radius 2 is 2.15 bits per heavy atom. The summed E-state index contributed by atoms with van der Waals surface area (Å²) in [5.41, 5.74) is 3.85. The first-order chi connectivity index (χ1) is 12.7. The van der Waals surface area contributed by atoms with Gasteiger partial charge in [-0.2, -0.15) is 18.3 Å². The van der Waals surface area contributed by atoms with Crippen LogP contribution in [0.5, 0.6) is 0 Å². The van der Waals surface area contributed by atoms with Crippen molar-refractivity contribution in [1.29, 1.82) is 0 Å². The summed E-state index contributed by atoms with van der Waals surface area (Å²) in [4.78, 5) is 27.5. The first-order valence-corrected chi connectivity index (χ1v) is 7.98. The average molecular weight is 384 g/mol. The predicted molar refractivity (Wildman–Crippen MR) is 87.1 cm³/mol. The molecule has 0 bridgehead atoms. The lowest BCUT2D eigenvalue weighted by molar-refractivity contribution is -0.385. The van der Waals surface area contributed by atoms with Gasteiger partial charge in [0.25, 0.3) is 11.6 Å². The minimum absolute atomic E-state index is 0.110.